The molecule has 196 valence electrons. The highest BCUT2D eigenvalue weighted by molar-refractivity contribution is 6.29. The topological polar surface area (TPSA) is 132 Å². The van der Waals surface area contributed by atoms with Gasteiger partial charge < -0.3 is 9.73 Å². The van der Waals surface area contributed by atoms with Crippen LogP contribution in [0.1, 0.15) is 36.6 Å². The van der Waals surface area contributed by atoms with Gasteiger partial charge in [-0.3, -0.25) is 14.3 Å². The number of halogens is 3. The summed E-state index contributed by atoms with van der Waals surface area (Å²) < 4.78 is 38.9. The second-order valence-electron chi connectivity index (χ2n) is 8.97. The van der Waals surface area contributed by atoms with E-state index in [0.29, 0.717) is 21.3 Å². The van der Waals surface area contributed by atoms with Gasteiger partial charge in [-0.05, 0) is 44.5 Å². The molecular formula is C25H21ClF2N6O4. The van der Waals surface area contributed by atoms with Crippen molar-refractivity contribution >= 4 is 28.3 Å². The number of fused-ring (bicyclic) bond motifs is 1. The van der Waals surface area contributed by atoms with Crippen LogP contribution < -0.4 is 16.5 Å². The number of pyridine rings is 1. The number of hydrogen-bond donors (Lipinski definition) is 2. The lowest BCUT2D eigenvalue weighted by molar-refractivity contribution is -0.0722. The van der Waals surface area contributed by atoms with E-state index in [2.05, 4.69) is 30.1 Å². The molecule has 1 aromatic carbocycles. The highest BCUT2D eigenvalue weighted by Gasteiger charge is 2.26. The van der Waals surface area contributed by atoms with Crippen molar-refractivity contribution in [1.29, 1.82) is 0 Å². The van der Waals surface area contributed by atoms with E-state index in [0.717, 1.165) is 18.7 Å². The van der Waals surface area contributed by atoms with E-state index in [1.165, 1.54) is 6.20 Å². The van der Waals surface area contributed by atoms with Crippen molar-refractivity contribution in [3.8, 4) is 22.8 Å². The third-order valence-corrected chi connectivity index (χ3v) is 6.21. The lowest BCUT2D eigenvalue weighted by Gasteiger charge is -2.19. The number of nitrogens with one attached hydrogen (secondary N) is 2. The SMILES string of the molecule is Cc1cc([C@@H](C)Nc2ccc(Cl)nc2-c2noc(=O)[nH]2)c2oc(-c3cnn(C(C)(F)F)c3)c(C)c(=O)c2c1. The van der Waals surface area contributed by atoms with E-state index >= 15 is 0 Å². The molecular weight excluding hydrogens is 522 g/mol. The number of aryl methyl sites for hydroxylation is 1. The molecule has 38 heavy (non-hydrogen) atoms. The molecule has 5 rings (SSSR count). The Morgan fingerprint density at radius 1 is 1.21 bits per heavy atom. The van der Waals surface area contributed by atoms with Gasteiger partial charge in [0.25, 0.3) is 0 Å². The fourth-order valence-corrected chi connectivity index (χ4v) is 4.34. The Balaban J connectivity index is 1.63. The summed E-state index contributed by atoms with van der Waals surface area (Å²) in [5, 5.41) is 11.2. The van der Waals surface area contributed by atoms with Gasteiger partial charge in [0.15, 0.2) is 5.43 Å². The number of nitrogens with zero attached hydrogens (tertiary/aromatic N) is 4. The van der Waals surface area contributed by atoms with E-state index in [4.69, 9.17) is 16.0 Å². The Bertz CT molecular complexity index is 1800. The summed E-state index contributed by atoms with van der Waals surface area (Å²) in [6.45, 7) is 5.99. The number of anilines is 1. The van der Waals surface area contributed by atoms with Crippen LogP contribution in [0.15, 0.2) is 55.2 Å². The molecule has 4 aromatic heterocycles. The summed E-state index contributed by atoms with van der Waals surface area (Å²) in [6.07, 6.45) is 2.37. The van der Waals surface area contributed by atoms with Crippen LogP contribution in [0.5, 0.6) is 0 Å². The van der Waals surface area contributed by atoms with E-state index in [1.807, 2.05) is 19.9 Å². The Labute approximate surface area is 218 Å². The maximum atomic E-state index is 13.8. The molecule has 0 spiro atoms. The molecule has 2 N–H and O–H groups in total. The second kappa shape index (κ2) is 9.21. The number of aromatic nitrogens is 5. The van der Waals surface area contributed by atoms with Gasteiger partial charge in [-0.15, -0.1) is 0 Å². The van der Waals surface area contributed by atoms with Crippen molar-refractivity contribution in [2.45, 2.75) is 39.8 Å². The molecule has 0 fully saturated rings. The molecule has 0 radical (unpaired) electrons. The highest BCUT2D eigenvalue weighted by Crippen LogP contribution is 2.34. The predicted molar refractivity (Wildman–Crippen MR) is 136 cm³/mol. The molecule has 0 aliphatic carbocycles. The zero-order valence-corrected chi connectivity index (χ0v) is 21.4. The number of aromatic amines is 1. The monoisotopic (exact) mass is 542 g/mol. The molecule has 1 atom stereocenters. The summed E-state index contributed by atoms with van der Waals surface area (Å²) in [5.41, 5.74) is 2.68. The lowest BCUT2D eigenvalue weighted by Crippen LogP contribution is -2.18. The van der Waals surface area contributed by atoms with E-state index in [-0.39, 0.29) is 44.6 Å². The number of H-pyrrole nitrogens is 1. The Morgan fingerprint density at radius 2 is 1.97 bits per heavy atom. The maximum absolute atomic E-state index is 13.8. The van der Waals surface area contributed by atoms with Crippen molar-refractivity contribution in [2.75, 3.05) is 5.32 Å². The Morgan fingerprint density at radius 3 is 2.63 bits per heavy atom. The third-order valence-electron chi connectivity index (χ3n) is 6.00. The smallest absolute Gasteiger partial charge is 0.439 e. The zero-order valence-electron chi connectivity index (χ0n) is 20.6. The summed E-state index contributed by atoms with van der Waals surface area (Å²) >= 11 is 6.07. The minimum atomic E-state index is -3.22. The van der Waals surface area contributed by atoms with Gasteiger partial charge in [0.2, 0.25) is 5.82 Å². The summed E-state index contributed by atoms with van der Waals surface area (Å²) in [5.74, 6) is -0.529. The van der Waals surface area contributed by atoms with Gasteiger partial charge in [0, 0.05) is 24.2 Å². The van der Waals surface area contributed by atoms with Gasteiger partial charge in [-0.1, -0.05) is 22.8 Å². The zero-order chi connectivity index (χ0) is 27.4. The Hall–Kier alpha value is -4.32. The maximum Gasteiger partial charge on any atom is 0.439 e. The van der Waals surface area contributed by atoms with Crippen LogP contribution in [0.2, 0.25) is 5.15 Å². The van der Waals surface area contributed by atoms with Crippen LogP contribution >= 0.6 is 11.6 Å². The normalized spacial score (nSPS) is 12.7. The quantitative estimate of drug-likeness (QED) is 0.272. The van der Waals surface area contributed by atoms with Crippen molar-refractivity contribution < 1.29 is 17.7 Å². The molecule has 5 aromatic rings. The first-order valence-corrected chi connectivity index (χ1v) is 11.8. The largest absolute Gasteiger partial charge is 0.455 e. The van der Waals surface area contributed by atoms with E-state index < -0.39 is 17.8 Å². The highest BCUT2D eigenvalue weighted by atomic mass is 35.5. The molecule has 0 aliphatic rings. The van der Waals surface area contributed by atoms with Gasteiger partial charge in [0.1, 0.15) is 22.2 Å². The first-order chi connectivity index (χ1) is 17.9. The van der Waals surface area contributed by atoms with Crippen LogP contribution in [-0.4, -0.2) is 24.9 Å². The average molecular weight is 543 g/mol. The predicted octanol–water partition coefficient (Wildman–Crippen LogP) is 5.41. The van der Waals surface area contributed by atoms with Crippen molar-refractivity contribution in [2.24, 2.45) is 0 Å². The van der Waals surface area contributed by atoms with E-state index in [9.17, 15) is 18.4 Å². The fourth-order valence-electron chi connectivity index (χ4n) is 4.19. The van der Waals surface area contributed by atoms with Gasteiger partial charge >= 0.3 is 11.8 Å². The molecule has 0 amide bonds. The standard InChI is InChI=1S/C25H21ClF2N6O4/c1-11-7-15(13(3)30-17-5-6-18(26)31-19(17)23-32-24(36)38-33-23)22-16(8-11)20(35)12(2)21(37-22)14-9-29-34(10-14)25(4,27)28/h5-10,13,30H,1-4H3,(H,32,33,36)/t13-/m1/s1. The first-order valence-electron chi connectivity index (χ1n) is 11.4. The number of hydrogen-bond acceptors (Lipinski definition) is 8. The molecule has 4 heterocycles. The Kier molecular flexibility index (Phi) is 6.14. The van der Waals surface area contributed by atoms with Crippen LogP contribution in [0.3, 0.4) is 0 Å². The first kappa shape index (κ1) is 25.3. The summed E-state index contributed by atoms with van der Waals surface area (Å²) in [7, 11) is 0. The molecule has 13 heteroatoms. The van der Waals surface area contributed by atoms with Crippen LogP contribution in [-0.2, 0) is 6.05 Å². The second-order valence-corrected chi connectivity index (χ2v) is 9.36. The van der Waals surface area contributed by atoms with Crippen LogP contribution in [0, 0.1) is 13.8 Å². The van der Waals surface area contributed by atoms with Crippen molar-refractivity contribution in [3.05, 3.63) is 79.3 Å². The van der Waals surface area contributed by atoms with Crippen molar-refractivity contribution in [3.63, 3.8) is 0 Å². The number of benzene rings is 1. The van der Waals surface area contributed by atoms with Gasteiger partial charge in [-0.2, -0.15) is 13.9 Å². The minimum absolute atomic E-state index is 0.0791. The minimum Gasteiger partial charge on any atom is -0.455 e. The van der Waals surface area contributed by atoms with Crippen LogP contribution in [0.4, 0.5) is 14.5 Å². The van der Waals surface area contributed by atoms with Gasteiger partial charge in [-0.25, -0.2) is 14.5 Å². The molecule has 0 bridgehead atoms. The average Bonchev–Trinajstić information content (AvgIpc) is 3.52. The summed E-state index contributed by atoms with van der Waals surface area (Å²) in [4.78, 5) is 31.6. The van der Waals surface area contributed by atoms with Crippen LogP contribution in [0.25, 0.3) is 33.8 Å². The molecule has 0 saturated carbocycles. The summed E-state index contributed by atoms with van der Waals surface area (Å²) in [6, 6.07) is 3.12. The van der Waals surface area contributed by atoms with Gasteiger partial charge in [0.05, 0.1) is 28.9 Å². The van der Waals surface area contributed by atoms with E-state index in [1.54, 1.807) is 25.1 Å². The lowest BCUT2D eigenvalue weighted by atomic mass is 9.99. The fraction of sp³-hybridized carbons (Fsp3) is 0.240. The molecule has 0 unspecified atom stereocenters. The third kappa shape index (κ3) is 4.58. The molecule has 0 saturated heterocycles. The van der Waals surface area contributed by atoms with Crippen molar-refractivity contribution in [1.82, 2.24) is 24.9 Å². The molecule has 0 aliphatic heterocycles. The number of rotatable bonds is 6. The molecule has 10 nitrogen and oxygen atoms in total. The number of alkyl halides is 2.